The molecule has 2 N–H and O–H groups in total. The van der Waals surface area contributed by atoms with Crippen LogP contribution in [0.4, 0.5) is 0 Å². The van der Waals surface area contributed by atoms with Gasteiger partial charge in [0.25, 0.3) is 5.91 Å². The molecule has 4 aromatic carbocycles. The minimum absolute atomic E-state index is 0.273. The van der Waals surface area contributed by atoms with Crippen molar-refractivity contribution < 1.29 is 19.1 Å². The van der Waals surface area contributed by atoms with Crippen LogP contribution in [0.3, 0.4) is 0 Å². The molecule has 1 aromatic heterocycles. The number of esters is 1. The van der Waals surface area contributed by atoms with Crippen molar-refractivity contribution in [1.29, 1.82) is 0 Å². The molecule has 0 atom stereocenters. The second-order valence-corrected chi connectivity index (χ2v) is 9.69. The summed E-state index contributed by atoms with van der Waals surface area (Å²) >= 11 is 9.86. The van der Waals surface area contributed by atoms with E-state index in [0.29, 0.717) is 44.3 Å². The van der Waals surface area contributed by atoms with Gasteiger partial charge in [-0.25, -0.2) is 10.2 Å². The number of carbonyl (C=O) groups is 2. The topological polar surface area (TPSA) is 92.8 Å². The van der Waals surface area contributed by atoms with E-state index in [-0.39, 0.29) is 5.69 Å². The molecule has 0 fully saturated rings. The number of para-hydroxylation sites is 2. The van der Waals surface area contributed by atoms with Crippen molar-refractivity contribution >= 4 is 56.5 Å². The number of H-pyrrole nitrogens is 1. The molecule has 1 amide bonds. The van der Waals surface area contributed by atoms with Crippen LogP contribution in [-0.2, 0) is 0 Å². The van der Waals surface area contributed by atoms with E-state index >= 15 is 0 Å². The fraction of sp³-hybridized carbons (Fsp3) is 0.0333. The van der Waals surface area contributed by atoms with Gasteiger partial charge < -0.3 is 14.5 Å². The van der Waals surface area contributed by atoms with E-state index in [9.17, 15) is 9.59 Å². The molecule has 0 aliphatic heterocycles. The number of ether oxygens (including phenoxy) is 2. The monoisotopic (exact) mass is 601 g/mol. The highest BCUT2D eigenvalue weighted by Gasteiger charge is 2.22. The van der Waals surface area contributed by atoms with Crippen molar-refractivity contribution in [3.05, 3.63) is 117 Å². The molecule has 5 aromatic rings. The van der Waals surface area contributed by atoms with Crippen molar-refractivity contribution in [2.45, 2.75) is 0 Å². The first-order valence-corrected chi connectivity index (χ1v) is 13.0. The Morgan fingerprint density at radius 3 is 2.41 bits per heavy atom. The van der Waals surface area contributed by atoms with Crippen LogP contribution in [0, 0.1) is 0 Å². The van der Waals surface area contributed by atoms with Crippen LogP contribution in [0.2, 0.25) is 5.02 Å². The summed E-state index contributed by atoms with van der Waals surface area (Å²) in [5, 5.41) is 5.41. The molecule has 0 saturated carbocycles. The highest BCUT2D eigenvalue weighted by Crippen LogP contribution is 2.39. The number of fused-ring (bicyclic) bond motifs is 1. The summed E-state index contributed by atoms with van der Waals surface area (Å²) in [5.41, 5.74) is 5.73. The van der Waals surface area contributed by atoms with Crippen LogP contribution >= 0.6 is 27.5 Å². The summed E-state index contributed by atoms with van der Waals surface area (Å²) in [6.07, 6.45) is 1.42. The number of benzene rings is 4. The van der Waals surface area contributed by atoms with Crippen molar-refractivity contribution in [3.63, 3.8) is 0 Å². The summed E-state index contributed by atoms with van der Waals surface area (Å²) in [5.74, 6) is -0.104. The standard InChI is InChI=1S/C30H21BrClN3O4/c1-38-25-12-6-9-22-26(21-8-3-4-10-23(21)32)28(34-27(22)25)29(36)35-33-17-19-7-2-5-11-24(19)39-30(37)18-13-15-20(31)16-14-18/h2-17,34H,1H3,(H,35,36). The maximum absolute atomic E-state index is 13.4. The number of methoxy groups -OCH3 is 1. The lowest BCUT2D eigenvalue weighted by molar-refractivity contribution is 0.0734. The second kappa shape index (κ2) is 11.6. The highest BCUT2D eigenvalue weighted by atomic mass is 79.9. The SMILES string of the molecule is COc1cccc2c(-c3ccccc3Cl)c(C(=O)NN=Cc3ccccc3OC(=O)c3ccc(Br)cc3)[nH]c12. The third kappa shape index (κ3) is 5.57. The number of nitrogens with one attached hydrogen (secondary N) is 2. The molecular weight excluding hydrogens is 582 g/mol. The molecule has 0 bridgehead atoms. The third-order valence-electron chi connectivity index (χ3n) is 5.96. The van der Waals surface area contributed by atoms with E-state index in [1.807, 2.05) is 36.4 Å². The third-order valence-corrected chi connectivity index (χ3v) is 6.82. The molecule has 5 rings (SSSR count). The number of hydrazone groups is 1. The van der Waals surface area contributed by atoms with Crippen LogP contribution in [0.1, 0.15) is 26.4 Å². The Kier molecular flexibility index (Phi) is 7.76. The van der Waals surface area contributed by atoms with E-state index < -0.39 is 11.9 Å². The van der Waals surface area contributed by atoms with Gasteiger partial charge in [0.2, 0.25) is 0 Å². The molecule has 0 saturated heterocycles. The van der Waals surface area contributed by atoms with Gasteiger partial charge in [0.05, 0.1) is 24.4 Å². The Morgan fingerprint density at radius 2 is 1.64 bits per heavy atom. The summed E-state index contributed by atoms with van der Waals surface area (Å²) in [6.45, 7) is 0. The van der Waals surface area contributed by atoms with E-state index in [4.69, 9.17) is 21.1 Å². The predicted molar refractivity (Wildman–Crippen MR) is 156 cm³/mol. The first kappa shape index (κ1) is 26.2. The molecule has 0 spiro atoms. The lowest BCUT2D eigenvalue weighted by Crippen LogP contribution is -2.19. The molecule has 0 unspecified atom stereocenters. The van der Waals surface area contributed by atoms with Gasteiger partial charge in [-0.1, -0.05) is 70.0 Å². The second-order valence-electron chi connectivity index (χ2n) is 8.37. The molecule has 194 valence electrons. The van der Waals surface area contributed by atoms with Crippen LogP contribution in [0.15, 0.2) is 101 Å². The fourth-order valence-corrected chi connectivity index (χ4v) is 4.61. The number of amides is 1. The number of hydrogen-bond donors (Lipinski definition) is 2. The minimum atomic E-state index is -0.510. The van der Waals surface area contributed by atoms with E-state index in [0.717, 1.165) is 9.86 Å². The maximum Gasteiger partial charge on any atom is 0.343 e. The zero-order valence-electron chi connectivity index (χ0n) is 20.6. The Morgan fingerprint density at radius 1 is 0.923 bits per heavy atom. The maximum atomic E-state index is 13.4. The minimum Gasteiger partial charge on any atom is -0.495 e. The zero-order chi connectivity index (χ0) is 27.4. The molecule has 0 radical (unpaired) electrons. The van der Waals surface area contributed by atoms with Gasteiger partial charge >= 0.3 is 5.97 Å². The molecule has 7 nitrogen and oxygen atoms in total. The zero-order valence-corrected chi connectivity index (χ0v) is 22.9. The van der Waals surface area contributed by atoms with Gasteiger partial charge in [-0.3, -0.25) is 4.79 Å². The fourth-order valence-electron chi connectivity index (χ4n) is 4.12. The number of carbonyl (C=O) groups excluding carboxylic acids is 2. The Labute approximate surface area is 237 Å². The molecule has 0 aliphatic rings. The quantitative estimate of drug-likeness (QED) is 0.0889. The summed E-state index contributed by atoms with van der Waals surface area (Å²) in [6, 6.07) is 26.6. The lowest BCUT2D eigenvalue weighted by atomic mass is 10.0. The average molecular weight is 603 g/mol. The van der Waals surface area contributed by atoms with Gasteiger partial charge in [0.1, 0.15) is 17.2 Å². The largest absolute Gasteiger partial charge is 0.495 e. The number of aromatic amines is 1. The van der Waals surface area contributed by atoms with Crippen LogP contribution in [-0.4, -0.2) is 30.2 Å². The average Bonchev–Trinajstić information content (AvgIpc) is 3.34. The normalized spacial score (nSPS) is 11.1. The predicted octanol–water partition coefficient (Wildman–Crippen LogP) is 7.24. The highest BCUT2D eigenvalue weighted by molar-refractivity contribution is 9.10. The molecule has 9 heteroatoms. The van der Waals surface area contributed by atoms with Crippen molar-refractivity contribution in [2.75, 3.05) is 7.11 Å². The van der Waals surface area contributed by atoms with Gasteiger partial charge in [0.15, 0.2) is 0 Å². The summed E-state index contributed by atoms with van der Waals surface area (Å²) in [4.78, 5) is 29.1. The first-order valence-electron chi connectivity index (χ1n) is 11.8. The lowest BCUT2D eigenvalue weighted by Gasteiger charge is -2.08. The van der Waals surface area contributed by atoms with Crippen LogP contribution < -0.4 is 14.9 Å². The number of halogens is 2. The Balaban J connectivity index is 1.42. The van der Waals surface area contributed by atoms with E-state index in [2.05, 4.69) is 31.4 Å². The van der Waals surface area contributed by atoms with Crippen molar-refractivity contribution in [2.24, 2.45) is 5.10 Å². The molecule has 39 heavy (non-hydrogen) atoms. The van der Waals surface area contributed by atoms with Gasteiger partial charge in [-0.2, -0.15) is 5.10 Å². The smallest absolute Gasteiger partial charge is 0.343 e. The van der Waals surface area contributed by atoms with Gasteiger partial charge in [-0.05, 0) is 48.5 Å². The Hall–Kier alpha value is -4.40. The number of aromatic nitrogens is 1. The molecular formula is C30H21BrClN3O4. The van der Waals surface area contributed by atoms with E-state index in [1.54, 1.807) is 61.7 Å². The van der Waals surface area contributed by atoms with Crippen molar-refractivity contribution in [1.82, 2.24) is 10.4 Å². The number of hydrogen-bond acceptors (Lipinski definition) is 5. The first-order chi connectivity index (χ1) is 19.0. The van der Waals surface area contributed by atoms with Crippen molar-refractivity contribution in [3.8, 4) is 22.6 Å². The van der Waals surface area contributed by atoms with Gasteiger partial charge in [-0.15, -0.1) is 0 Å². The number of rotatable bonds is 7. The molecule has 1 heterocycles. The number of nitrogens with zero attached hydrogens (tertiary/aromatic N) is 1. The summed E-state index contributed by atoms with van der Waals surface area (Å²) < 4.78 is 11.9. The Bertz CT molecular complexity index is 1710. The van der Waals surface area contributed by atoms with Gasteiger partial charge in [0, 0.05) is 31.6 Å². The van der Waals surface area contributed by atoms with E-state index in [1.165, 1.54) is 6.21 Å². The summed E-state index contributed by atoms with van der Waals surface area (Å²) in [7, 11) is 1.57. The van der Waals surface area contributed by atoms with Crippen LogP contribution in [0.25, 0.3) is 22.0 Å². The van der Waals surface area contributed by atoms with Crippen LogP contribution in [0.5, 0.6) is 11.5 Å². The molecule has 0 aliphatic carbocycles.